The number of rotatable bonds is 6. The lowest BCUT2D eigenvalue weighted by molar-refractivity contribution is -0.131. The van der Waals surface area contributed by atoms with Gasteiger partial charge in [-0.1, -0.05) is 36.6 Å². The molecule has 2 aliphatic rings. The van der Waals surface area contributed by atoms with E-state index < -0.39 is 17.8 Å². The highest BCUT2D eigenvalue weighted by molar-refractivity contribution is 6.31. The molecule has 0 unspecified atom stereocenters. The third kappa shape index (κ3) is 5.04. The third-order valence-corrected chi connectivity index (χ3v) is 7.26. The van der Waals surface area contributed by atoms with Gasteiger partial charge in [0.05, 0.1) is 0 Å². The van der Waals surface area contributed by atoms with E-state index in [4.69, 9.17) is 16.3 Å². The van der Waals surface area contributed by atoms with E-state index in [1.54, 1.807) is 6.08 Å². The van der Waals surface area contributed by atoms with Gasteiger partial charge < -0.3 is 9.30 Å². The second-order valence-electron chi connectivity index (χ2n) is 9.50. The van der Waals surface area contributed by atoms with E-state index in [0.717, 1.165) is 59.6 Å². The fourth-order valence-electron chi connectivity index (χ4n) is 5.09. The molecule has 1 aliphatic heterocycles. The van der Waals surface area contributed by atoms with Crippen molar-refractivity contribution in [1.82, 2.24) is 14.8 Å². The molecule has 3 aromatic rings. The van der Waals surface area contributed by atoms with Gasteiger partial charge in [-0.15, -0.1) is 0 Å². The molecule has 190 valence electrons. The number of halogens is 1. The first-order valence-corrected chi connectivity index (χ1v) is 12.8. The van der Waals surface area contributed by atoms with Crippen LogP contribution in [0.15, 0.2) is 60.2 Å². The minimum atomic E-state index is -0.656. The van der Waals surface area contributed by atoms with Crippen molar-refractivity contribution in [2.45, 2.75) is 52.2 Å². The number of urea groups is 1. The summed E-state index contributed by atoms with van der Waals surface area (Å²) in [6.45, 7) is 4.35. The van der Waals surface area contributed by atoms with Crippen molar-refractivity contribution in [3.05, 3.63) is 87.7 Å². The van der Waals surface area contributed by atoms with Gasteiger partial charge in [-0.2, -0.15) is 0 Å². The lowest BCUT2D eigenvalue weighted by atomic mass is 10.1. The van der Waals surface area contributed by atoms with Crippen LogP contribution in [0.1, 0.15) is 48.2 Å². The number of barbiturate groups is 1. The van der Waals surface area contributed by atoms with Crippen molar-refractivity contribution in [3.8, 4) is 11.4 Å². The van der Waals surface area contributed by atoms with Crippen LogP contribution in [0.3, 0.4) is 0 Å². The van der Waals surface area contributed by atoms with Gasteiger partial charge in [0.1, 0.15) is 17.9 Å². The highest BCUT2D eigenvalue weighted by atomic mass is 35.5. The minimum absolute atomic E-state index is 0.0160. The largest absolute Gasteiger partial charge is 0.489 e. The van der Waals surface area contributed by atoms with Gasteiger partial charge >= 0.3 is 6.03 Å². The first-order valence-electron chi connectivity index (χ1n) is 12.4. The van der Waals surface area contributed by atoms with Gasteiger partial charge in [-0.25, -0.2) is 4.79 Å². The topological polar surface area (TPSA) is 80.6 Å². The minimum Gasteiger partial charge on any atom is -0.489 e. The summed E-state index contributed by atoms with van der Waals surface area (Å²) >= 11 is 5.94. The quantitative estimate of drug-likeness (QED) is 0.334. The van der Waals surface area contributed by atoms with Crippen LogP contribution in [-0.4, -0.2) is 33.4 Å². The molecule has 1 aromatic heterocycles. The number of nitrogens with zero attached hydrogens (tertiary/aromatic N) is 2. The second-order valence-corrected chi connectivity index (χ2v) is 9.94. The smallest absolute Gasteiger partial charge is 0.331 e. The van der Waals surface area contributed by atoms with E-state index in [9.17, 15) is 14.4 Å². The highest BCUT2D eigenvalue weighted by Gasteiger charge is 2.40. The first kappa shape index (κ1) is 24.8. The molecule has 37 heavy (non-hydrogen) atoms. The number of nitrogens with one attached hydrogen (secondary N) is 1. The van der Waals surface area contributed by atoms with Crippen molar-refractivity contribution in [1.29, 1.82) is 0 Å². The Labute approximate surface area is 220 Å². The molecule has 2 aromatic carbocycles. The summed E-state index contributed by atoms with van der Waals surface area (Å²) < 4.78 is 7.95. The van der Waals surface area contributed by atoms with E-state index >= 15 is 0 Å². The maximum absolute atomic E-state index is 13.2. The Morgan fingerprint density at radius 2 is 1.68 bits per heavy atom. The van der Waals surface area contributed by atoms with Crippen LogP contribution in [0.2, 0.25) is 5.02 Å². The zero-order valence-electron chi connectivity index (χ0n) is 20.8. The number of hydrogen-bond donors (Lipinski definition) is 1. The fraction of sp³-hybridized carbons (Fsp3) is 0.276. The number of carbonyl (C=O) groups is 3. The number of imide groups is 2. The Kier molecular flexibility index (Phi) is 6.89. The second kappa shape index (κ2) is 10.3. The lowest BCUT2D eigenvalue weighted by Gasteiger charge is -2.31. The SMILES string of the molecule is Cc1cc(/C=C2\C(=O)NC(=O)N(C3CCCC3)C2=O)c(C)n1-c1ccc(OCc2ccc(Cl)cc2)cc1. The summed E-state index contributed by atoms with van der Waals surface area (Å²) in [5.41, 5.74) is 4.52. The van der Waals surface area contributed by atoms with Crippen molar-refractivity contribution in [2.75, 3.05) is 0 Å². The van der Waals surface area contributed by atoms with Gasteiger partial charge in [-0.3, -0.25) is 19.8 Å². The number of ether oxygens (including phenoxy) is 1. The molecular formula is C29H28ClN3O4. The fourth-order valence-corrected chi connectivity index (χ4v) is 5.22. The van der Waals surface area contributed by atoms with E-state index in [2.05, 4.69) is 9.88 Å². The van der Waals surface area contributed by atoms with E-state index in [0.29, 0.717) is 11.6 Å². The normalized spacial score (nSPS) is 17.5. The molecule has 8 heteroatoms. The van der Waals surface area contributed by atoms with Crippen LogP contribution in [-0.2, 0) is 16.2 Å². The molecule has 1 aliphatic carbocycles. The molecule has 1 N–H and O–H groups in total. The molecular weight excluding hydrogens is 490 g/mol. The number of amides is 4. The lowest BCUT2D eigenvalue weighted by Crippen LogP contribution is -2.57. The Morgan fingerprint density at radius 3 is 2.35 bits per heavy atom. The van der Waals surface area contributed by atoms with Crippen LogP contribution in [0.5, 0.6) is 5.75 Å². The van der Waals surface area contributed by atoms with Crippen LogP contribution >= 0.6 is 11.6 Å². The predicted octanol–water partition coefficient (Wildman–Crippen LogP) is 5.73. The average Bonchev–Trinajstić information content (AvgIpc) is 3.49. The zero-order valence-corrected chi connectivity index (χ0v) is 21.5. The van der Waals surface area contributed by atoms with Crippen molar-refractivity contribution in [3.63, 3.8) is 0 Å². The van der Waals surface area contributed by atoms with Crippen LogP contribution in [0.25, 0.3) is 11.8 Å². The van der Waals surface area contributed by atoms with Crippen LogP contribution in [0.4, 0.5) is 4.79 Å². The molecule has 0 bridgehead atoms. The standard InChI is InChI=1S/C29H28ClN3O4/c1-18-15-21(16-26-27(34)31-29(36)33(28(26)35)23-5-3-4-6-23)19(2)32(18)24-11-13-25(14-12-24)37-17-20-7-9-22(30)10-8-20/h7-16,23H,3-6,17H2,1-2H3,(H,31,34,36)/b26-16+. The number of aromatic nitrogens is 1. The summed E-state index contributed by atoms with van der Waals surface area (Å²) in [6, 6.07) is 16.4. The summed E-state index contributed by atoms with van der Waals surface area (Å²) in [5.74, 6) is -0.437. The monoisotopic (exact) mass is 517 g/mol. The Morgan fingerprint density at radius 1 is 1.00 bits per heavy atom. The number of hydrogen-bond acceptors (Lipinski definition) is 4. The Bertz CT molecular complexity index is 1380. The molecule has 0 atom stereocenters. The summed E-state index contributed by atoms with van der Waals surface area (Å²) in [4.78, 5) is 39.4. The average molecular weight is 518 g/mol. The molecule has 0 radical (unpaired) electrons. The van der Waals surface area contributed by atoms with Gasteiger partial charge in [0.15, 0.2) is 0 Å². The van der Waals surface area contributed by atoms with E-state index in [1.807, 2.05) is 68.4 Å². The molecule has 4 amide bonds. The first-order chi connectivity index (χ1) is 17.8. The summed E-state index contributed by atoms with van der Waals surface area (Å²) in [5, 5.41) is 3.03. The maximum atomic E-state index is 13.2. The Hall–Kier alpha value is -3.84. The molecule has 1 saturated carbocycles. The molecule has 1 saturated heterocycles. The van der Waals surface area contributed by atoms with Crippen LogP contribution in [0, 0.1) is 13.8 Å². The van der Waals surface area contributed by atoms with Crippen LogP contribution < -0.4 is 10.1 Å². The molecule has 2 fully saturated rings. The number of benzene rings is 2. The van der Waals surface area contributed by atoms with Crippen molar-refractivity contribution >= 4 is 35.5 Å². The van der Waals surface area contributed by atoms with Crippen molar-refractivity contribution in [2.24, 2.45) is 0 Å². The van der Waals surface area contributed by atoms with Gasteiger partial charge in [0.25, 0.3) is 11.8 Å². The van der Waals surface area contributed by atoms with E-state index in [-0.39, 0.29) is 11.6 Å². The molecule has 0 spiro atoms. The van der Waals surface area contributed by atoms with Gasteiger partial charge in [0, 0.05) is 28.1 Å². The molecule has 2 heterocycles. The third-order valence-electron chi connectivity index (χ3n) is 7.01. The Balaban J connectivity index is 1.36. The van der Waals surface area contributed by atoms with Gasteiger partial charge in [0.2, 0.25) is 0 Å². The van der Waals surface area contributed by atoms with Gasteiger partial charge in [-0.05, 0) is 86.4 Å². The predicted molar refractivity (Wildman–Crippen MR) is 142 cm³/mol. The summed E-state index contributed by atoms with van der Waals surface area (Å²) in [7, 11) is 0. The number of aryl methyl sites for hydroxylation is 1. The molecule has 5 rings (SSSR count). The van der Waals surface area contributed by atoms with E-state index in [1.165, 1.54) is 4.90 Å². The maximum Gasteiger partial charge on any atom is 0.331 e. The van der Waals surface area contributed by atoms with Crippen molar-refractivity contribution < 1.29 is 19.1 Å². The zero-order chi connectivity index (χ0) is 26.1. The highest BCUT2D eigenvalue weighted by Crippen LogP contribution is 2.29. The molecule has 7 nitrogen and oxygen atoms in total. The number of carbonyl (C=O) groups excluding carboxylic acids is 3. The summed E-state index contributed by atoms with van der Waals surface area (Å²) in [6.07, 6.45) is 5.08.